The summed E-state index contributed by atoms with van der Waals surface area (Å²) in [6.07, 6.45) is -2.67. The van der Waals surface area contributed by atoms with E-state index in [-0.39, 0.29) is 24.5 Å². The molecule has 0 heterocycles. The number of anilines is 1. The Balaban J connectivity index is 3.20. The molecule has 1 N–H and O–H groups in total. The van der Waals surface area contributed by atoms with Crippen LogP contribution in [0.25, 0.3) is 0 Å². The van der Waals surface area contributed by atoms with Crippen molar-refractivity contribution in [3.8, 4) is 5.75 Å². The summed E-state index contributed by atoms with van der Waals surface area (Å²) < 4.78 is 29.9. The molecule has 0 amide bonds. The average molecular weight is 276 g/mol. The topological polar surface area (TPSA) is 75.8 Å². The molecule has 1 rings (SSSR count). The minimum atomic E-state index is -2.67. The third kappa shape index (κ3) is 4.02. The van der Waals surface area contributed by atoms with Crippen LogP contribution in [0.3, 0.4) is 0 Å². The maximum atomic E-state index is 12.5. The average Bonchev–Trinajstić information content (AvgIpc) is 2.36. The van der Waals surface area contributed by atoms with Gasteiger partial charge in [-0.1, -0.05) is 0 Å². The van der Waals surface area contributed by atoms with Crippen molar-refractivity contribution in [3.05, 3.63) is 28.3 Å². The van der Waals surface area contributed by atoms with E-state index < -0.39 is 17.9 Å². The molecule has 6 nitrogen and oxygen atoms in total. The van der Waals surface area contributed by atoms with E-state index in [9.17, 15) is 18.9 Å². The van der Waals surface area contributed by atoms with Crippen molar-refractivity contribution in [1.29, 1.82) is 0 Å². The first kappa shape index (κ1) is 15.1. The van der Waals surface area contributed by atoms with Gasteiger partial charge in [0, 0.05) is 18.7 Å². The molecule has 0 aliphatic carbocycles. The zero-order chi connectivity index (χ0) is 14.4. The highest BCUT2D eigenvalue weighted by atomic mass is 19.3. The number of halogens is 2. The SMILES string of the molecule is COc1ccc([N+](=O)[O-])c(N(CCO)CC(F)F)c1. The number of nitro benzene ring substituents is 1. The van der Waals surface area contributed by atoms with Gasteiger partial charge in [0.25, 0.3) is 12.1 Å². The fourth-order valence-electron chi connectivity index (χ4n) is 1.64. The Kier molecular flexibility index (Phi) is 5.43. The summed E-state index contributed by atoms with van der Waals surface area (Å²) in [6, 6.07) is 3.86. The largest absolute Gasteiger partial charge is 0.497 e. The second-order valence-corrected chi connectivity index (χ2v) is 3.67. The molecule has 8 heteroatoms. The molecular weight excluding hydrogens is 262 g/mol. The fraction of sp³-hybridized carbons (Fsp3) is 0.455. The summed E-state index contributed by atoms with van der Waals surface area (Å²) in [5, 5.41) is 19.8. The van der Waals surface area contributed by atoms with E-state index in [0.717, 1.165) is 4.90 Å². The number of aliphatic hydroxyl groups excluding tert-OH is 1. The summed E-state index contributed by atoms with van der Waals surface area (Å²) in [7, 11) is 1.37. The van der Waals surface area contributed by atoms with E-state index in [1.165, 1.54) is 25.3 Å². The summed E-state index contributed by atoms with van der Waals surface area (Å²) in [5.41, 5.74) is -0.311. The molecule has 0 aliphatic rings. The van der Waals surface area contributed by atoms with Gasteiger partial charge in [0.05, 0.1) is 25.2 Å². The van der Waals surface area contributed by atoms with Crippen LogP contribution in [-0.2, 0) is 0 Å². The quantitative estimate of drug-likeness (QED) is 0.605. The fourth-order valence-corrected chi connectivity index (χ4v) is 1.64. The molecule has 0 unspecified atom stereocenters. The van der Waals surface area contributed by atoms with Gasteiger partial charge in [0.1, 0.15) is 11.4 Å². The zero-order valence-electron chi connectivity index (χ0n) is 10.3. The van der Waals surface area contributed by atoms with Crippen LogP contribution in [0.15, 0.2) is 18.2 Å². The number of nitrogens with zero attached hydrogens (tertiary/aromatic N) is 2. The number of ether oxygens (including phenoxy) is 1. The number of nitro groups is 1. The maximum absolute atomic E-state index is 12.5. The van der Waals surface area contributed by atoms with E-state index in [4.69, 9.17) is 9.84 Å². The molecule has 0 aliphatic heterocycles. The van der Waals surface area contributed by atoms with E-state index in [1.807, 2.05) is 0 Å². The van der Waals surface area contributed by atoms with Crippen molar-refractivity contribution < 1.29 is 23.5 Å². The Hall–Kier alpha value is -1.96. The monoisotopic (exact) mass is 276 g/mol. The van der Waals surface area contributed by atoms with Gasteiger partial charge in [0.2, 0.25) is 0 Å². The lowest BCUT2D eigenvalue weighted by molar-refractivity contribution is -0.384. The second-order valence-electron chi connectivity index (χ2n) is 3.67. The van der Waals surface area contributed by atoms with Crippen LogP contribution in [0.5, 0.6) is 5.75 Å². The Labute approximate surface area is 108 Å². The van der Waals surface area contributed by atoms with Gasteiger partial charge in [-0.25, -0.2) is 8.78 Å². The van der Waals surface area contributed by atoms with Gasteiger partial charge in [-0.15, -0.1) is 0 Å². The number of hydrogen-bond acceptors (Lipinski definition) is 5. The molecule has 19 heavy (non-hydrogen) atoms. The van der Waals surface area contributed by atoms with Crippen molar-refractivity contribution in [2.45, 2.75) is 6.43 Å². The van der Waals surface area contributed by atoms with Gasteiger partial charge < -0.3 is 14.7 Å². The Morgan fingerprint density at radius 3 is 2.68 bits per heavy atom. The smallest absolute Gasteiger partial charge is 0.292 e. The molecule has 0 radical (unpaired) electrons. The van der Waals surface area contributed by atoms with Crippen molar-refractivity contribution in [3.63, 3.8) is 0 Å². The standard InChI is InChI=1S/C11H14F2N2O4/c1-19-8-2-3-9(15(17)18)10(6-8)14(4-5-16)7-11(12)13/h2-3,6,11,16H,4-5,7H2,1H3. The van der Waals surface area contributed by atoms with Crippen LogP contribution < -0.4 is 9.64 Å². The number of methoxy groups -OCH3 is 1. The molecule has 0 spiro atoms. The van der Waals surface area contributed by atoms with Crippen LogP contribution in [0.2, 0.25) is 0 Å². The van der Waals surface area contributed by atoms with Crippen molar-refractivity contribution in [2.24, 2.45) is 0 Å². The maximum Gasteiger partial charge on any atom is 0.292 e. The molecule has 0 atom stereocenters. The van der Waals surface area contributed by atoms with Crippen LogP contribution in [0.1, 0.15) is 0 Å². The third-order valence-electron chi connectivity index (χ3n) is 2.45. The van der Waals surface area contributed by atoms with E-state index in [0.29, 0.717) is 5.75 Å². The predicted molar refractivity (Wildman–Crippen MR) is 65.0 cm³/mol. The van der Waals surface area contributed by atoms with E-state index in [1.54, 1.807) is 0 Å². The van der Waals surface area contributed by atoms with Gasteiger partial charge >= 0.3 is 0 Å². The molecule has 0 aromatic heterocycles. The molecule has 0 fully saturated rings. The number of hydrogen-bond donors (Lipinski definition) is 1. The van der Waals surface area contributed by atoms with Crippen molar-refractivity contribution >= 4 is 11.4 Å². The highest BCUT2D eigenvalue weighted by Crippen LogP contribution is 2.32. The first-order valence-electron chi connectivity index (χ1n) is 5.46. The first-order valence-corrected chi connectivity index (χ1v) is 5.46. The summed E-state index contributed by atoms with van der Waals surface area (Å²) in [6.45, 7) is -1.21. The van der Waals surface area contributed by atoms with E-state index >= 15 is 0 Å². The second kappa shape index (κ2) is 6.83. The molecular formula is C11H14F2N2O4. The van der Waals surface area contributed by atoms with Crippen LogP contribution in [0.4, 0.5) is 20.2 Å². The van der Waals surface area contributed by atoms with Crippen LogP contribution >= 0.6 is 0 Å². The Morgan fingerprint density at radius 1 is 1.53 bits per heavy atom. The minimum absolute atomic E-state index is 0.00120. The van der Waals surface area contributed by atoms with Gasteiger partial charge in [0.15, 0.2) is 0 Å². The lowest BCUT2D eigenvalue weighted by Gasteiger charge is -2.23. The Morgan fingerprint density at radius 2 is 2.21 bits per heavy atom. The van der Waals surface area contributed by atoms with Crippen molar-refractivity contribution in [1.82, 2.24) is 0 Å². The minimum Gasteiger partial charge on any atom is -0.497 e. The molecule has 106 valence electrons. The highest BCUT2D eigenvalue weighted by Gasteiger charge is 2.22. The van der Waals surface area contributed by atoms with Crippen LogP contribution in [0, 0.1) is 10.1 Å². The first-order chi connectivity index (χ1) is 8.99. The molecule has 0 bridgehead atoms. The van der Waals surface area contributed by atoms with Crippen LogP contribution in [-0.4, -0.2) is 43.3 Å². The summed E-state index contributed by atoms with van der Waals surface area (Å²) in [5.74, 6) is 0.317. The number of alkyl halides is 2. The summed E-state index contributed by atoms with van der Waals surface area (Å²) >= 11 is 0. The molecule has 1 aromatic carbocycles. The van der Waals surface area contributed by atoms with Crippen molar-refractivity contribution in [2.75, 3.05) is 31.7 Å². The third-order valence-corrected chi connectivity index (χ3v) is 2.45. The number of aliphatic hydroxyl groups is 1. The molecule has 0 saturated carbocycles. The normalized spacial score (nSPS) is 10.6. The number of benzene rings is 1. The lowest BCUT2D eigenvalue weighted by Crippen LogP contribution is -2.32. The van der Waals surface area contributed by atoms with E-state index in [2.05, 4.69) is 0 Å². The zero-order valence-corrected chi connectivity index (χ0v) is 10.3. The molecule has 0 saturated heterocycles. The van der Waals surface area contributed by atoms with Gasteiger partial charge in [-0.3, -0.25) is 10.1 Å². The summed E-state index contributed by atoms with van der Waals surface area (Å²) in [4.78, 5) is 11.3. The van der Waals surface area contributed by atoms with Gasteiger partial charge in [-0.05, 0) is 6.07 Å². The molecule has 1 aromatic rings. The predicted octanol–water partition coefficient (Wildman–Crippen LogP) is 1.67. The number of rotatable bonds is 7. The lowest BCUT2D eigenvalue weighted by atomic mass is 10.2. The highest BCUT2D eigenvalue weighted by molar-refractivity contribution is 5.66. The Bertz CT molecular complexity index is 443. The van der Waals surface area contributed by atoms with Gasteiger partial charge in [-0.2, -0.15) is 0 Å².